The zero-order valence-corrected chi connectivity index (χ0v) is 11.4. The van der Waals surface area contributed by atoms with Crippen LogP contribution in [-0.4, -0.2) is 29.8 Å². The average molecular weight is 234 g/mol. The molecule has 0 radical (unpaired) electrons. The van der Waals surface area contributed by atoms with Gasteiger partial charge in [0, 0.05) is 11.8 Å². The number of hydrogen-bond donors (Lipinski definition) is 2. The number of carboxylic acids is 1. The van der Waals surface area contributed by atoms with Crippen LogP contribution in [0.15, 0.2) is 12.7 Å². The molecular formula is C6H11KO5S. The van der Waals surface area contributed by atoms with E-state index in [0.29, 0.717) is 0 Å². The first-order valence-electron chi connectivity index (χ1n) is 2.93. The largest absolute Gasteiger partial charge is 1.00 e. The van der Waals surface area contributed by atoms with Crippen molar-refractivity contribution in [2.24, 2.45) is 0 Å². The number of carbonyl (C=O) groups is 1. The molecule has 0 bridgehead atoms. The molecule has 0 spiro atoms. The molecule has 0 aromatic heterocycles. The maximum absolute atomic E-state index is 9.75. The SMILES string of the molecule is C=CC(=O)O.[CH2-]CCS(=O)(=O)O.[K+]. The van der Waals surface area contributed by atoms with E-state index < -0.39 is 16.1 Å². The minimum atomic E-state index is -3.74. The van der Waals surface area contributed by atoms with Crippen molar-refractivity contribution in [1.29, 1.82) is 0 Å². The van der Waals surface area contributed by atoms with Gasteiger partial charge in [-0.25, -0.2) is 4.79 Å². The van der Waals surface area contributed by atoms with E-state index in [9.17, 15) is 13.2 Å². The molecule has 13 heavy (non-hydrogen) atoms. The van der Waals surface area contributed by atoms with Crippen molar-refractivity contribution < 1.29 is 74.3 Å². The number of carboxylic acid groups (broad SMARTS) is 1. The number of aliphatic carboxylic acids is 1. The van der Waals surface area contributed by atoms with Crippen LogP contribution in [0.3, 0.4) is 0 Å². The Labute approximate surface area is 120 Å². The molecule has 2 N–H and O–H groups in total. The molecule has 0 aliphatic heterocycles. The first-order chi connectivity index (χ1) is 5.33. The molecule has 0 heterocycles. The molecule has 0 aliphatic rings. The predicted octanol–water partition coefficient (Wildman–Crippen LogP) is -2.64. The molecule has 0 unspecified atom stereocenters. The topological polar surface area (TPSA) is 91.7 Å². The fourth-order valence-corrected chi connectivity index (χ4v) is 0.547. The van der Waals surface area contributed by atoms with Crippen molar-refractivity contribution in [1.82, 2.24) is 0 Å². The Morgan fingerprint density at radius 1 is 1.54 bits per heavy atom. The summed E-state index contributed by atoms with van der Waals surface area (Å²) in [5.74, 6) is -1.22. The molecule has 0 amide bonds. The number of hydrogen-bond acceptors (Lipinski definition) is 3. The second-order valence-electron chi connectivity index (χ2n) is 1.68. The molecule has 0 fully saturated rings. The van der Waals surface area contributed by atoms with Crippen molar-refractivity contribution >= 4 is 16.1 Å². The van der Waals surface area contributed by atoms with Crippen molar-refractivity contribution in [2.45, 2.75) is 6.42 Å². The average Bonchev–Trinajstić information content (AvgIpc) is 1.86. The number of rotatable bonds is 3. The fourth-order valence-electron chi connectivity index (χ4n) is 0.182. The summed E-state index contributed by atoms with van der Waals surface area (Å²) >= 11 is 0. The van der Waals surface area contributed by atoms with Crippen LogP contribution in [0.2, 0.25) is 0 Å². The van der Waals surface area contributed by atoms with Gasteiger partial charge in [0.1, 0.15) is 0 Å². The third-order valence-corrected chi connectivity index (χ3v) is 1.38. The van der Waals surface area contributed by atoms with Crippen LogP contribution < -0.4 is 51.4 Å². The van der Waals surface area contributed by atoms with Gasteiger partial charge >= 0.3 is 57.4 Å². The summed E-state index contributed by atoms with van der Waals surface area (Å²) in [6.45, 7) is 6.19. The zero-order chi connectivity index (χ0) is 10.2. The summed E-state index contributed by atoms with van der Waals surface area (Å²) in [4.78, 5) is 9.25. The van der Waals surface area contributed by atoms with Crippen LogP contribution in [0.1, 0.15) is 6.42 Å². The maximum Gasteiger partial charge on any atom is 1.00 e. The van der Waals surface area contributed by atoms with Gasteiger partial charge in [-0.05, 0) is 0 Å². The molecule has 0 aliphatic carbocycles. The second-order valence-corrected chi connectivity index (χ2v) is 3.25. The normalized spacial score (nSPS) is 8.77. The van der Waals surface area contributed by atoms with Gasteiger partial charge in [0.05, 0.1) is 0 Å². The molecule has 72 valence electrons. The van der Waals surface area contributed by atoms with E-state index in [4.69, 9.17) is 9.66 Å². The van der Waals surface area contributed by atoms with Crippen LogP contribution in [0.5, 0.6) is 0 Å². The Morgan fingerprint density at radius 2 is 1.85 bits per heavy atom. The summed E-state index contributed by atoms with van der Waals surface area (Å²) in [6.07, 6.45) is 1.05. The Bertz CT molecular complexity index is 233. The summed E-state index contributed by atoms with van der Waals surface area (Å²) in [7, 11) is -3.74. The van der Waals surface area contributed by atoms with E-state index in [0.717, 1.165) is 6.08 Å². The standard InChI is InChI=1S/C3H7O3S.C3H4O2.K/c1-2-3-7(4,5)6;1-2-3(4)5;/h1-3H2,(H,4,5,6);2H,1H2,(H,4,5);/q-1;;+1. The minimum absolute atomic E-state index is 0. The van der Waals surface area contributed by atoms with E-state index in [1.165, 1.54) is 0 Å². The third kappa shape index (κ3) is 32.3. The Hall–Kier alpha value is 0.756. The molecule has 0 rings (SSSR count). The first-order valence-corrected chi connectivity index (χ1v) is 4.54. The third-order valence-electron chi connectivity index (χ3n) is 0.577. The van der Waals surface area contributed by atoms with Gasteiger partial charge in [-0.15, -0.1) is 0 Å². The van der Waals surface area contributed by atoms with E-state index in [1.54, 1.807) is 0 Å². The Kier molecular flexibility index (Phi) is 16.1. The molecule has 5 nitrogen and oxygen atoms in total. The van der Waals surface area contributed by atoms with Gasteiger partial charge in [-0.3, -0.25) is 4.55 Å². The molecule has 0 aromatic rings. The Balaban J connectivity index is -0.000000150. The summed E-state index contributed by atoms with van der Waals surface area (Å²) < 4.78 is 27.4. The van der Waals surface area contributed by atoms with Crippen LogP contribution in [-0.2, 0) is 14.9 Å². The van der Waals surface area contributed by atoms with Crippen molar-refractivity contribution in [3.63, 3.8) is 0 Å². The zero-order valence-electron chi connectivity index (χ0n) is 7.43. The summed E-state index contributed by atoms with van der Waals surface area (Å²) in [5, 5.41) is 7.60. The molecule has 0 aromatic carbocycles. The predicted molar refractivity (Wildman–Crippen MR) is 44.2 cm³/mol. The van der Waals surface area contributed by atoms with Crippen molar-refractivity contribution in [2.75, 3.05) is 5.75 Å². The van der Waals surface area contributed by atoms with E-state index in [2.05, 4.69) is 13.5 Å². The molecule has 0 atom stereocenters. The second kappa shape index (κ2) is 10.8. The van der Waals surface area contributed by atoms with E-state index in [-0.39, 0.29) is 63.6 Å². The van der Waals surface area contributed by atoms with Crippen molar-refractivity contribution in [3.05, 3.63) is 19.6 Å². The summed E-state index contributed by atoms with van der Waals surface area (Å²) in [6, 6.07) is 0. The van der Waals surface area contributed by atoms with Gasteiger partial charge in [-0.1, -0.05) is 6.58 Å². The van der Waals surface area contributed by atoms with Crippen LogP contribution in [0.4, 0.5) is 0 Å². The van der Waals surface area contributed by atoms with Gasteiger partial charge in [0.15, 0.2) is 0 Å². The van der Waals surface area contributed by atoms with Crippen LogP contribution in [0, 0.1) is 6.92 Å². The molecule has 7 heteroatoms. The van der Waals surface area contributed by atoms with Crippen LogP contribution in [0.25, 0.3) is 0 Å². The molecule has 0 saturated carbocycles. The van der Waals surface area contributed by atoms with Gasteiger partial charge < -0.3 is 12.0 Å². The van der Waals surface area contributed by atoms with E-state index >= 15 is 0 Å². The Morgan fingerprint density at radius 3 is 1.85 bits per heavy atom. The fraction of sp³-hybridized carbons (Fsp3) is 0.333. The van der Waals surface area contributed by atoms with E-state index in [1.807, 2.05) is 0 Å². The smallest absolute Gasteiger partial charge is 0.478 e. The summed E-state index contributed by atoms with van der Waals surface area (Å²) in [5.41, 5.74) is 0. The van der Waals surface area contributed by atoms with Gasteiger partial charge in [0.25, 0.3) is 10.1 Å². The molecular weight excluding hydrogens is 223 g/mol. The quantitative estimate of drug-likeness (QED) is 0.241. The minimum Gasteiger partial charge on any atom is -0.478 e. The monoisotopic (exact) mass is 234 g/mol. The first kappa shape index (κ1) is 19.3. The maximum atomic E-state index is 9.75. The van der Waals surface area contributed by atoms with Gasteiger partial charge in [-0.2, -0.15) is 14.8 Å². The van der Waals surface area contributed by atoms with Gasteiger partial charge in [0.2, 0.25) is 0 Å². The molecule has 0 saturated heterocycles. The van der Waals surface area contributed by atoms with Crippen molar-refractivity contribution in [3.8, 4) is 0 Å². The van der Waals surface area contributed by atoms with Crippen LogP contribution >= 0.6 is 0 Å².